The summed E-state index contributed by atoms with van der Waals surface area (Å²) in [6.45, 7) is 2.51. The third-order valence-corrected chi connectivity index (χ3v) is 3.27. The molecule has 17 heavy (non-hydrogen) atoms. The summed E-state index contributed by atoms with van der Waals surface area (Å²) < 4.78 is 21.5. The van der Waals surface area contributed by atoms with Gasteiger partial charge in [0.05, 0.1) is 34.4 Å². The zero-order valence-electron chi connectivity index (χ0n) is 11.4. The highest BCUT2D eigenvalue weighted by Crippen LogP contribution is 2.24. The number of hydrogen-bond acceptors (Lipinski definition) is 4. The second-order valence-electron chi connectivity index (χ2n) is 5.04. The van der Waals surface area contributed by atoms with Gasteiger partial charge in [0.15, 0.2) is 0 Å². The fourth-order valence-corrected chi connectivity index (χ4v) is 1.76. The summed E-state index contributed by atoms with van der Waals surface area (Å²) in [5, 5.41) is 11.5. The Labute approximate surface area is 105 Å². The van der Waals surface area contributed by atoms with E-state index in [-0.39, 0.29) is 11.1 Å². The van der Waals surface area contributed by atoms with Crippen LogP contribution in [0.5, 0.6) is 0 Å². The molecular formula is C11H26NO4P. The van der Waals surface area contributed by atoms with E-state index >= 15 is 0 Å². The molecule has 0 rings (SSSR count). The van der Waals surface area contributed by atoms with Gasteiger partial charge in [0.25, 0.3) is 0 Å². The second kappa shape index (κ2) is 9.06. The van der Waals surface area contributed by atoms with Crippen LogP contribution in [-0.4, -0.2) is 45.1 Å². The van der Waals surface area contributed by atoms with Gasteiger partial charge >= 0.3 is 8.25 Å². The van der Waals surface area contributed by atoms with Gasteiger partial charge in [0.2, 0.25) is 0 Å². The first kappa shape index (κ1) is 17.1. The van der Waals surface area contributed by atoms with E-state index in [2.05, 4.69) is 6.92 Å². The van der Waals surface area contributed by atoms with E-state index in [1.54, 1.807) is 21.1 Å². The molecule has 0 aromatic heterocycles. The van der Waals surface area contributed by atoms with Crippen LogP contribution in [0, 0.1) is 0 Å². The average molecular weight is 267 g/mol. The monoisotopic (exact) mass is 267 g/mol. The van der Waals surface area contributed by atoms with E-state index in [0.717, 1.165) is 25.7 Å². The highest BCUT2D eigenvalue weighted by atomic mass is 31.1. The summed E-state index contributed by atoms with van der Waals surface area (Å²) in [5.74, 6) is 0. The molecule has 0 radical (unpaired) electrons. The quantitative estimate of drug-likeness (QED) is 0.260. The van der Waals surface area contributed by atoms with E-state index in [1.165, 1.54) is 0 Å². The lowest BCUT2D eigenvalue weighted by Crippen LogP contribution is -2.55. The molecular weight excluding hydrogens is 241 g/mol. The van der Waals surface area contributed by atoms with Crippen LogP contribution in [0.2, 0.25) is 0 Å². The Morgan fingerprint density at radius 1 is 1.18 bits per heavy atom. The van der Waals surface area contributed by atoms with Crippen LogP contribution in [0.15, 0.2) is 0 Å². The molecule has 0 fully saturated rings. The molecule has 0 aromatic rings. The van der Waals surface area contributed by atoms with Crippen LogP contribution in [0.4, 0.5) is 0 Å². The third kappa shape index (κ3) is 9.74. The molecule has 0 amide bonds. The van der Waals surface area contributed by atoms with Gasteiger partial charge in [-0.2, -0.15) is 0 Å². The van der Waals surface area contributed by atoms with Crippen LogP contribution in [0.25, 0.3) is 0 Å². The largest absolute Gasteiger partial charge is 0.804 e. The first-order valence-corrected chi connectivity index (χ1v) is 7.37. The van der Waals surface area contributed by atoms with Crippen molar-refractivity contribution in [2.45, 2.75) is 38.8 Å². The van der Waals surface area contributed by atoms with Crippen molar-refractivity contribution in [3.63, 3.8) is 0 Å². The molecule has 0 saturated carbocycles. The molecule has 0 aromatic carbocycles. The van der Waals surface area contributed by atoms with Crippen LogP contribution < -0.4 is 5.11 Å². The number of quaternary nitrogens is 1. The van der Waals surface area contributed by atoms with Crippen molar-refractivity contribution >= 4 is 8.25 Å². The third-order valence-electron chi connectivity index (χ3n) is 2.43. The highest BCUT2D eigenvalue weighted by Gasteiger charge is 2.13. The molecule has 0 aliphatic heterocycles. The molecule has 104 valence electrons. The van der Waals surface area contributed by atoms with Gasteiger partial charge in [0, 0.05) is 6.23 Å². The second-order valence-corrected chi connectivity index (χ2v) is 6.12. The molecule has 0 bridgehead atoms. The lowest BCUT2D eigenvalue weighted by Gasteiger charge is -2.38. The maximum atomic E-state index is 11.5. The standard InChI is InChI=1S/C11H26NO4P/c1-5-6-7-8-9-15-17(14)16-10-11(13)12(2,3)4/h11,17H,5-10H2,1-4H3. The summed E-state index contributed by atoms with van der Waals surface area (Å²) in [5.41, 5.74) is 0. The first-order chi connectivity index (χ1) is 7.88. The Kier molecular flexibility index (Phi) is 9.10. The van der Waals surface area contributed by atoms with Gasteiger partial charge in [-0.3, -0.25) is 4.57 Å². The molecule has 0 spiro atoms. The van der Waals surface area contributed by atoms with E-state index in [9.17, 15) is 9.67 Å². The average Bonchev–Trinajstić information content (AvgIpc) is 2.24. The van der Waals surface area contributed by atoms with Gasteiger partial charge in [-0.05, 0) is 6.42 Å². The Hall–Kier alpha value is 0.0700. The van der Waals surface area contributed by atoms with Crippen LogP contribution in [0.1, 0.15) is 32.6 Å². The van der Waals surface area contributed by atoms with Crippen molar-refractivity contribution in [3.8, 4) is 0 Å². The summed E-state index contributed by atoms with van der Waals surface area (Å²) in [7, 11) is 2.85. The van der Waals surface area contributed by atoms with Crippen molar-refractivity contribution in [2.24, 2.45) is 0 Å². The predicted molar refractivity (Wildman–Crippen MR) is 66.9 cm³/mol. The van der Waals surface area contributed by atoms with Gasteiger partial charge < -0.3 is 18.6 Å². The minimum Gasteiger partial charge on any atom is -0.804 e. The zero-order valence-corrected chi connectivity index (χ0v) is 12.4. The van der Waals surface area contributed by atoms with Gasteiger partial charge in [-0.25, -0.2) is 0 Å². The van der Waals surface area contributed by atoms with E-state index < -0.39 is 14.5 Å². The Morgan fingerprint density at radius 3 is 2.35 bits per heavy atom. The van der Waals surface area contributed by atoms with Crippen LogP contribution in [-0.2, 0) is 13.6 Å². The van der Waals surface area contributed by atoms with Gasteiger partial charge in [-0.1, -0.05) is 26.2 Å². The minimum absolute atomic E-state index is 0.0732. The first-order valence-electron chi connectivity index (χ1n) is 6.14. The van der Waals surface area contributed by atoms with Gasteiger partial charge in [-0.15, -0.1) is 0 Å². The molecule has 0 aliphatic rings. The van der Waals surface area contributed by atoms with Crippen molar-refractivity contribution in [1.29, 1.82) is 0 Å². The van der Waals surface area contributed by atoms with Crippen molar-refractivity contribution in [2.75, 3.05) is 34.4 Å². The van der Waals surface area contributed by atoms with E-state index in [0.29, 0.717) is 6.61 Å². The minimum atomic E-state index is -2.49. The van der Waals surface area contributed by atoms with Crippen molar-refractivity contribution in [3.05, 3.63) is 0 Å². The van der Waals surface area contributed by atoms with E-state index in [4.69, 9.17) is 9.05 Å². The maximum absolute atomic E-state index is 11.5. The number of likely N-dealkylation sites (N-methyl/N-ethyl adjacent to an activating group) is 1. The topological polar surface area (TPSA) is 58.6 Å². The number of hydrogen-bond donors (Lipinski definition) is 0. The summed E-state index contributed by atoms with van der Waals surface area (Å²) in [6.07, 6.45) is 3.36. The number of rotatable bonds is 10. The zero-order chi connectivity index (χ0) is 13.3. The SMILES string of the molecule is CCCCCCO[PH](=O)OCC([O-])[N+](C)(C)C. The molecule has 0 aliphatic carbocycles. The fourth-order valence-electron chi connectivity index (χ4n) is 1.09. The molecule has 6 heteroatoms. The Balaban J connectivity index is 3.53. The lowest BCUT2D eigenvalue weighted by molar-refractivity contribution is -0.969. The molecule has 2 atom stereocenters. The highest BCUT2D eigenvalue weighted by molar-refractivity contribution is 7.33. The summed E-state index contributed by atoms with van der Waals surface area (Å²) in [4.78, 5) is 0. The summed E-state index contributed by atoms with van der Waals surface area (Å²) in [6, 6.07) is 0. The lowest BCUT2D eigenvalue weighted by atomic mass is 10.2. The van der Waals surface area contributed by atoms with E-state index in [1.807, 2.05) is 0 Å². The Morgan fingerprint density at radius 2 is 1.82 bits per heavy atom. The maximum Gasteiger partial charge on any atom is 0.319 e. The molecule has 0 heterocycles. The number of nitrogens with zero attached hydrogens (tertiary/aromatic N) is 1. The normalized spacial score (nSPS) is 15.8. The molecule has 0 N–H and O–H groups in total. The van der Waals surface area contributed by atoms with Crippen molar-refractivity contribution < 1.29 is 23.2 Å². The molecule has 2 unspecified atom stereocenters. The fraction of sp³-hybridized carbons (Fsp3) is 1.00. The van der Waals surface area contributed by atoms with Gasteiger partial charge in [0.1, 0.15) is 0 Å². The number of unbranched alkanes of at least 4 members (excludes halogenated alkanes) is 3. The smallest absolute Gasteiger partial charge is 0.319 e. The van der Waals surface area contributed by atoms with Crippen LogP contribution >= 0.6 is 8.25 Å². The molecule has 5 nitrogen and oxygen atoms in total. The Bertz CT molecular complexity index is 218. The predicted octanol–water partition coefficient (Wildman–Crippen LogP) is 1.38. The molecule has 0 saturated heterocycles. The van der Waals surface area contributed by atoms with Crippen molar-refractivity contribution in [1.82, 2.24) is 0 Å². The van der Waals surface area contributed by atoms with Crippen LogP contribution in [0.3, 0.4) is 0 Å². The summed E-state index contributed by atoms with van der Waals surface area (Å²) >= 11 is 0.